The molecule has 4 nitrogen and oxygen atoms in total. The van der Waals surface area contributed by atoms with Crippen LogP contribution in [0.25, 0.3) is 11.4 Å². The van der Waals surface area contributed by atoms with Gasteiger partial charge in [-0.1, -0.05) is 30.3 Å². The Morgan fingerprint density at radius 1 is 1.14 bits per heavy atom. The molecule has 0 spiro atoms. The first-order valence-electron chi connectivity index (χ1n) is 7.09. The first-order chi connectivity index (χ1) is 10.6. The smallest absolute Gasteiger partial charge is 0.241 e. The molecule has 0 atom stereocenters. The minimum absolute atomic E-state index is 0.0528. The average molecular weight is 292 g/mol. The molecule has 110 valence electrons. The molecule has 0 fully saturated rings. The Balaban J connectivity index is 2.02. The van der Waals surface area contributed by atoms with Crippen molar-refractivity contribution in [3.63, 3.8) is 0 Å². The zero-order chi connectivity index (χ0) is 15.5. The Morgan fingerprint density at radius 3 is 2.64 bits per heavy atom. The lowest BCUT2D eigenvalue weighted by atomic mass is 10.1. The van der Waals surface area contributed by atoms with Crippen molar-refractivity contribution in [1.82, 2.24) is 4.57 Å². The van der Waals surface area contributed by atoms with Crippen molar-refractivity contribution < 1.29 is 9.52 Å². The quantitative estimate of drug-likeness (QED) is 0.421. The van der Waals surface area contributed by atoms with Crippen LogP contribution in [-0.2, 0) is 6.54 Å². The molecule has 0 saturated heterocycles. The number of aromatic nitrogens is 2. The highest BCUT2D eigenvalue weighted by Gasteiger charge is 2.15. The van der Waals surface area contributed by atoms with Crippen molar-refractivity contribution >= 4 is 5.78 Å². The summed E-state index contributed by atoms with van der Waals surface area (Å²) in [4.78, 5) is 11.5. The Labute approximate surface area is 128 Å². The third-order valence-corrected chi connectivity index (χ3v) is 3.61. The normalized spacial score (nSPS) is 10.6. The molecular formula is C18H16N2O2. The van der Waals surface area contributed by atoms with E-state index in [0.717, 1.165) is 16.0 Å². The summed E-state index contributed by atoms with van der Waals surface area (Å²) in [6.07, 6.45) is 3.31. The van der Waals surface area contributed by atoms with Crippen molar-refractivity contribution in [2.24, 2.45) is 0 Å². The molecule has 0 unspecified atom stereocenters. The van der Waals surface area contributed by atoms with Crippen molar-refractivity contribution in [2.75, 3.05) is 0 Å². The fourth-order valence-corrected chi connectivity index (χ4v) is 2.46. The molecule has 1 aromatic carbocycles. The summed E-state index contributed by atoms with van der Waals surface area (Å²) in [5, 5.41) is 12.1. The molecule has 0 aliphatic heterocycles. The first-order valence-corrected chi connectivity index (χ1v) is 7.09. The largest absolute Gasteiger partial charge is 0.618 e. The number of nitrogens with zero attached hydrogens (tertiary/aromatic N) is 2. The van der Waals surface area contributed by atoms with Gasteiger partial charge in [0.15, 0.2) is 12.0 Å². The molecule has 0 N–H and O–H groups in total. The van der Waals surface area contributed by atoms with Crippen LogP contribution in [0.2, 0.25) is 0 Å². The molecule has 0 bridgehead atoms. The molecule has 22 heavy (non-hydrogen) atoms. The van der Waals surface area contributed by atoms with Crippen LogP contribution in [0.3, 0.4) is 0 Å². The Hall–Kier alpha value is -2.88. The van der Waals surface area contributed by atoms with Crippen LogP contribution < -0.4 is 4.73 Å². The molecule has 3 rings (SSSR count). The monoisotopic (exact) mass is 292 g/mol. The summed E-state index contributed by atoms with van der Waals surface area (Å²) < 4.78 is 2.80. The van der Waals surface area contributed by atoms with E-state index in [4.69, 9.17) is 0 Å². The second-order valence-electron chi connectivity index (χ2n) is 5.19. The van der Waals surface area contributed by atoms with E-state index in [1.54, 1.807) is 12.1 Å². The molecule has 0 saturated carbocycles. The van der Waals surface area contributed by atoms with Gasteiger partial charge in [0.25, 0.3) is 0 Å². The van der Waals surface area contributed by atoms with Crippen LogP contribution in [0.15, 0.2) is 67.0 Å². The zero-order valence-corrected chi connectivity index (χ0v) is 12.3. The maximum atomic E-state index is 12.1. The van der Waals surface area contributed by atoms with Crippen LogP contribution in [0, 0.1) is 5.21 Å². The average Bonchev–Trinajstić information content (AvgIpc) is 2.96. The highest BCUT2D eigenvalue weighted by Crippen LogP contribution is 2.19. The first kappa shape index (κ1) is 14.1. The van der Waals surface area contributed by atoms with E-state index in [-0.39, 0.29) is 5.78 Å². The molecule has 4 heteroatoms. The summed E-state index contributed by atoms with van der Waals surface area (Å²) in [5.41, 5.74) is 2.96. The Kier molecular flexibility index (Phi) is 3.74. The van der Waals surface area contributed by atoms with Crippen LogP contribution >= 0.6 is 0 Å². The second-order valence-corrected chi connectivity index (χ2v) is 5.19. The van der Waals surface area contributed by atoms with Crippen molar-refractivity contribution in [3.8, 4) is 11.4 Å². The number of Topliss-reactive ketones (excluding diaryl/α,β-unsaturated/α-hetero) is 1. The third kappa shape index (κ3) is 2.76. The van der Waals surface area contributed by atoms with E-state index < -0.39 is 0 Å². The van der Waals surface area contributed by atoms with Crippen LogP contribution in [0.5, 0.6) is 0 Å². The number of carbonyl (C=O) groups excluding carboxylic acids is 1. The molecule has 3 aromatic rings. The number of carbonyl (C=O) groups is 1. The van der Waals surface area contributed by atoms with Gasteiger partial charge in [-0.3, -0.25) is 4.79 Å². The van der Waals surface area contributed by atoms with Crippen LogP contribution in [-0.4, -0.2) is 10.4 Å². The lowest BCUT2D eigenvalue weighted by Crippen LogP contribution is -2.29. The molecule has 0 aliphatic carbocycles. The van der Waals surface area contributed by atoms with Gasteiger partial charge < -0.3 is 9.77 Å². The van der Waals surface area contributed by atoms with Gasteiger partial charge in [0.05, 0.1) is 0 Å². The molecular weight excluding hydrogens is 276 g/mol. The van der Waals surface area contributed by atoms with Crippen molar-refractivity contribution in [2.45, 2.75) is 13.5 Å². The minimum atomic E-state index is -0.0528. The highest BCUT2D eigenvalue weighted by atomic mass is 16.5. The maximum absolute atomic E-state index is 12.1. The third-order valence-electron chi connectivity index (χ3n) is 3.61. The topological polar surface area (TPSA) is 48.9 Å². The van der Waals surface area contributed by atoms with E-state index in [2.05, 4.69) is 0 Å². The van der Waals surface area contributed by atoms with Crippen molar-refractivity contribution in [1.29, 1.82) is 0 Å². The lowest BCUT2D eigenvalue weighted by Gasteiger charge is -2.10. The van der Waals surface area contributed by atoms with E-state index in [1.165, 1.54) is 13.1 Å². The van der Waals surface area contributed by atoms with Gasteiger partial charge in [-0.2, -0.15) is 4.73 Å². The summed E-state index contributed by atoms with van der Waals surface area (Å²) >= 11 is 0. The Bertz CT molecular complexity index is 807. The number of pyridine rings is 1. The fraction of sp³-hybridized carbons (Fsp3) is 0.111. The maximum Gasteiger partial charge on any atom is 0.241 e. The van der Waals surface area contributed by atoms with E-state index in [1.807, 2.05) is 53.2 Å². The molecule has 2 heterocycles. The van der Waals surface area contributed by atoms with Crippen LogP contribution in [0.1, 0.15) is 22.8 Å². The van der Waals surface area contributed by atoms with E-state index in [0.29, 0.717) is 17.8 Å². The second kappa shape index (κ2) is 5.85. The Morgan fingerprint density at radius 2 is 1.91 bits per heavy atom. The van der Waals surface area contributed by atoms with Gasteiger partial charge in [-0.05, 0) is 24.6 Å². The highest BCUT2D eigenvalue weighted by molar-refractivity contribution is 5.94. The predicted octanol–water partition coefficient (Wildman–Crippen LogP) is 3.04. The summed E-state index contributed by atoms with van der Waals surface area (Å²) in [6, 6.07) is 17.0. The summed E-state index contributed by atoms with van der Waals surface area (Å²) in [5.74, 6) is -0.0528. The predicted molar refractivity (Wildman–Crippen MR) is 84.4 cm³/mol. The van der Waals surface area contributed by atoms with Crippen molar-refractivity contribution in [3.05, 3.63) is 83.3 Å². The number of ketones is 1. The number of hydrogen-bond donors (Lipinski definition) is 0. The molecule has 0 radical (unpaired) electrons. The molecule has 0 aliphatic rings. The SMILES string of the molecule is CC(=O)c1cc[n+]([O-])c(-c2cccn2Cc2ccccc2)c1. The lowest BCUT2D eigenvalue weighted by molar-refractivity contribution is -0.593. The zero-order valence-electron chi connectivity index (χ0n) is 12.3. The van der Waals surface area contributed by atoms with Gasteiger partial charge in [0, 0.05) is 30.4 Å². The minimum Gasteiger partial charge on any atom is -0.618 e. The van der Waals surface area contributed by atoms with E-state index in [9.17, 15) is 10.0 Å². The molecule has 0 amide bonds. The van der Waals surface area contributed by atoms with Gasteiger partial charge >= 0.3 is 0 Å². The van der Waals surface area contributed by atoms with E-state index >= 15 is 0 Å². The van der Waals surface area contributed by atoms with Gasteiger partial charge in [-0.15, -0.1) is 0 Å². The fourth-order valence-electron chi connectivity index (χ4n) is 2.46. The van der Waals surface area contributed by atoms with Crippen LogP contribution in [0.4, 0.5) is 0 Å². The number of rotatable bonds is 4. The van der Waals surface area contributed by atoms with Gasteiger partial charge in [0.2, 0.25) is 5.69 Å². The summed E-state index contributed by atoms with van der Waals surface area (Å²) in [6.45, 7) is 2.17. The standard InChI is InChI=1S/C18H16N2O2/c1-14(21)16-9-11-20(22)18(12-16)17-8-5-10-19(17)13-15-6-3-2-4-7-15/h2-12H,13H2,1H3. The number of hydrogen-bond acceptors (Lipinski definition) is 2. The van der Waals surface area contributed by atoms with Gasteiger partial charge in [-0.25, -0.2) is 0 Å². The number of benzene rings is 1. The summed E-state index contributed by atoms with van der Waals surface area (Å²) in [7, 11) is 0. The van der Waals surface area contributed by atoms with Gasteiger partial charge in [0.1, 0.15) is 5.69 Å². The molecule has 2 aromatic heterocycles.